The van der Waals surface area contributed by atoms with Crippen LogP contribution in [0, 0.1) is 6.33 Å². The standard InChI is InChI=1S/C7H2Cl3N4/c8-5-1-4(2-6(9)7(5)10)14-3-11-12-13-14/h1-2H. The van der Waals surface area contributed by atoms with Gasteiger partial charge in [-0.3, -0.25) is 0 Å². The molecule has 0 N–H and O–H groups in total. The van der Waals surface area contributed by atoms with Gasteiger partial charge in [0.1, 0.15) is 0 Å². The maximum absolute atomic E-state index is 5.82. The SMILES string of the molecule is Clc1cc(-n2[c]nnn2)cc(Cl)c1Cl. The molecule has 0 atom stereocenters. The second-order valence-corrected chi connectivity index (χ2v) is 3.61. The minimum Gasteiger partial charge on any atom is -0.190 e. The summed E-state index contributed by atoms with van der Waals surface area (Å²) in [6, 6.07) is 3.20. The largest absolute Gasteiger partial charge is 0.226 e. The Labute approximate surface area is 94.4 Å². The maximum atomic E-state index is 5.82. The maximum Gasteiger partial charge on any atom is 0.226 e. The molecule has 0 saturated carbocycles. The molecule has 0 unspecified atom stereocenters. The molecule has 7 heteroatoms. The van der Waals surface area contributed by atoms with Gasteiger partial charge in [-0.25, -0.2) is 0 Å². The summed E-state index contributed by atoms with van der Waals surface area (Å²) in [5.74, 6) is 0. The van der Waals surface area contributed by atoms with Gasteiger partial charge in [0, 0.05) is 0 Å². The minimum atomic E-state index is 0.310. The Bertz CT molecular complexity index is 431. The molecule has 1 aromatic heterocycles. The predicted octanol–water partition coefficient (Wildman–Crippen LogP) is 2.42. The molecule has 0 saturated heterocycles. The molecule has 71 valence electrons. The van der Waals surface area contributed by atoms with Crippen molar-refractivity contribution in [1.29, 1.82) is 0 Å². The van der Waals surface area contributed by atoms with Crippen LogP contribution in [0.1, 0.15) is 0 Å². The zero-order valence-corrected chi connectivity index (χ0v) is 8.85. The number of nitrogens with zero attached hydrogens (tertiary/aromatic N) is 4. The number of benzene rings is 1. The van der Waals surface area contributed by atoms with E-state index in [1.165, 1.54) is 4.68 Å². The predicted molar refractivity (Wildman–Crippen MR) is 53.0 cm³/mol. The van der Waals surface area contributed by atoms with Crippen LogP contribution in [-0.4, -0.2) is 20.2 Å². The monoisotopic (exact) mass is 247 g/mol. The van der Waals surface area contributed by atoms with Crippen molar-refractivity contribution in [2.24, 2.45) is 0 Å². The zero-order chi connectivity index (χ0) is 10.1. The Morgan fingerprint density at radius 2 is 1.79 bits per heavy atom. The topological polar surface area (TPSA) is 43.6 Å². The molecule has 0 bridgehead atoms. The van der Waals surface area contributed by atoms with Crippen molar-refractivity contribution in [3.8, 4) is 5.69 Å². The fourth-order valence-electron chi connectivity index (χ4n) is 0.916. The quantitative estimate of drug-likeness (QED) is 0.728. The summed E-state index contributed by atoms with van der Waals surface area (Å²) >= 11 is 17.4. The summed E-state index contributed by atoms with van der Waals surface area (Å²) in [7, 11) is 0. The van der Waals surface area contributed by atoms with Gasteiger partial charge in [0.05, 0.1) is 20.8 Å². The van der Waals surface area contributed by atoms with Gasteiger partial charge in [0.2, 0.25) is 6.33 Å². The lowest BCUT2D eigenvalue weighted by Gasteiger charge is -2.02. The highest BCUT2D eigenvalue weighted by atomic mass is 35.5. The van der Waals surface area contributed by atoms with E-state index in [0.717, 1.165) is 0 Å². The molecule has 0 aliphatic heterocycles. The van der Waals surface area contributed by atoms with Crippen LogP contribution in [0.3, 0.4) is 0 Å². The Morgan fingerprint density at radius 1 is 1.14 bits per heavy atom. The summed E-state index contributed by atoms with van der Waals surface area (Å²) in [5, 5.41) is 11.4. The Morgan fingerprint density at radius 3 is 2.29 bits per heavy atom. The number of halogens is 3. The van der Waals surface area contributed by atoms with Crippen LogP contribution in [0.25, 0.3) is 5.69 Å². The highest BCUT2D eigenvalue weighted by Crippen LogP contribution is 2.31. The molecule has 0 spiro atoms. The van der Waals surface area contributed by atoms with Gasteiger partial charge in [-0.2, -0.15) is 4.68 Å². The van der Waals surface area contributed by atoms with E-state index in [9.17, 15) is 0 Å². The molecule has 0 amide bonds. The number of rotatable bonds is 1. The normalized spacial score (nSPS) is 10.5. The van der Waals surface area contributed by atoms with E-state index >= 15 is 0 Å². The van der Waals surface area contributed by atoms with E-state index in [0.29, 0.717) is 20.8 Å². The van der Waals surface area contributed by atoms with Crippen LogP contribution in [0.15, 0.2) is 12.1 Å². The van der Waals surface area contributed by atoms with Gasteiger partial charge < -0.3 is 0 Å². The van der Waals surface area contributed by atoms with Crippen molar-refractivity contribution < 1.29 is 0 Å². The van der Waals surface area contributed by atoms with E-state index in [2.05, 4.69) is 21.9 Å². The van der Waals surface area contributed by atoms with Crippen molar-refractivity contribution in [2.45, 2.75) is 0 Å². The van der Waals surface area contributed by atoms with Crippen LogP contribution < -0.4 is 0 Å². The fourth-order valence-corrected chi connectivity index (χ4v) is 1.50. The molecule has 0 fully saturated rings. The first-order chi connectivity index (χ1) is 6.68. The van der Waals surface area contributed by atoms with Crippen LogP contribution in [0.5, 0.6) is 0 Å². The molecule has 4 nitrogen and oxygen atoms in total. The molecular weight excluding hydrogens is 246 g/mol. The van der Waals surface area contributed by atoms with E-state index in [-0.39, 0.29) is 0 Å². The van der Waals surface area contributed by atoms with Crippen LogP contribution in [-0.2, 0) is 0 Å². The summed E-state index contributed by atoms with van der Waals surface area (Å²) in [4.78, 5) is 0. The first kappa shape index (κ1) is 9.71. The molecule has 1 radical (unpaired) electrons. The minimum absolute atomic E-state index is 0.310. The third-order valence-electron chi connectivity index (χ3n) is 1.53. The number of aromatic nitrogens is 4. The molecule has 0 aliphatic carbocycles. The van der Waals surface area contributed by atoms with E-state index in [4.69, 9.17) is 34.8 Å². The second-order valence-electron chi connectivity index (χ2n) is 2.41. The Kier molecular flexibility index (Phi) is 2.58. The first-order valence-corrected chi connectivity index (χ1v) is 4.63. The third kappa shape index (κ3) is 1.68. The lowest BCUT2D eigenvalue weighted by molar-refractivity contribution is 0.787. The van der Waals surface area contributed by atoms with Gasteiger partial charge in [-0.15, -0.1) is 5.10 Å². The molecule has 1 heterocycles. The van der Waals surface area contributed by atoms with Crippen molar-refractivity contribution in [2.75, 3.05) is 0 Å². The van der Waals surface area contributed by atoms with E-state index < -0.39 is 0 Å². The van der Waals surface area contributed by atoms with Crippen LogP contribution in [0.2, 0.25) is 15.1 Å². The molecule has 1 aromatic carbocycles. The highest BCUT2D eigenvalue weighted by Gasteiger charge is 2.07. The summed E-state index contributed by atoms with van der Waals surface area (Å²) in [6.07, 6.45) is 2.51. The van der Waals surface area contributed by atoms with Crippen LogP contribution in [0.4, 0.5) is 0 Å². The Balaban J connectivity index is 2.57. The smallest absolute Gasteiger partial charge is 0.190 e. The first-order valence-electron chi connectivity index (χ1n) is 3.49. The van der Waals surface area contributed by atoms with Gasteiger partial charge in [0.15, 0.2) is 0 Å². The van der Waals surface area contributed by atoms with Crippen molar-refractivity contribution >= 4 is 34.8 Å². The van der Waals surface area contributed by atoms with Gasteiger partial charge >= 0.3 is 0 Å². The fraction of sp³-hybridized carbons (Fsp3) is 0. The van der Waals surface area contributed by atoms with Crippen LogP contribution >= 0.6 is 34.8 Å². The zero-order valence-electron chi connectivity index (χ0n) is 6.58. The van der Waals surface area contributed by atoms with Crippen molar-refractivity contribution in [1.82, 2.24) is 20.2 Å². The summed E-state index contributed by atoms with van der Waals surface area (Å²) < 4.78 is 1.31. The van der Waals surface area contributed by atoms with Gasteiger partial charge in [0.25, 0.3) is 0 Å². The number of tetrazole rings is 1. The highest BCUT2D eigenvalue weighted by molar-refractivity contribution is 6.48. The van der Waals surface area contributed by atoms with E-state index in [1.807, 2.05) is 0 Å². The number of hydrogen-bond acceptors (Lipinski definition) is 3. The van der Waals surface area contributed by atoms with E-state index in [1.54, 1.807) is 12.1 Å². The van der Waals surface area contributed by atoms with Gasteiger partial charge in [-0.1, -0.05) is 34.8 Å². The molecule has 2 aromatic rings. The average molecular weight is 248 g/mol. The van der Waals surface area contributed by atoms with Gasteiger partial charge in [-0.05, 0) is 22.6 Å². The molecular formula is C7H2Cl3N4. The average Bonchev–Trinajstić information content (AvgIpc) is 2.66. The number of hydrogen-bond donors (Lipinski definition) is 0. The van der Waals surface area contributed by atoms with Crippen molar-refractivity contribution in [3.63, 3.8) is 0 Å². The Hall–Kier alpha value is -0.840. The third-order valence-corrected chi connectivity index (χ3v) is 2.72. The lowest BCUT2D eigenvalue weighted by Crippen LogP contribution is -1.95. The lowest BCUT2D eigenvalue weighted by atomic mass is 10.3. The molecule has 14 heavy (non-hydrogen) atoms. The molecule has 0 aliphatic rings. The summed E-state index contributed by atoms with van der Waals surface area (Å²) in [5.41, 5.74) is 0.606. The van der Waals surface area contributed by atoms with Crippen molar-refractivity contribution in [3.05, 3.63) is 33.5 Å². The molecule has 2 rings (SSSR count). The summed E-state index contributed by atoms with van der Waals surface area (Å²) in [6.45, 7) is 0. The second kappa shape index (κ2) is 3.73.